The number of nitrogens with zero attached hydrogens (tertiary/aromatic N) is 1. The third-order valence-electron chi connectivity index (χ3n) is 6.07. The summed E-state index contributed by atoms with van der Waals surface area (Å²) in [6, 6.07) is 13.6. The van der Waals surface area contributed by atoms with E-state index in [-0.39, 0.29) is 5.82 Å². The number of ether oxygens (including phenoxy) is 1. The highest BCUT2D eigenvalue weighted by atomic mass is 19.1. The average molecular weight is 372 g/mol. The van der Waals surface area contributed by atoms with E-state index in [2.05, 4.69) is 50.5 Å². The molecule has 0 spiro atoms. The van der Waals surface area contributed by atoms with Crippen molar-refractivity contribution >= 4 is 21.7 Å². The van der Waals surface area contributed by atoms with E-state index in [1.54, 1.807) is 6.07 Å². The van der Waals surface area contributed by atoms with Gasteiger partial charge in [-0.3, -0.25) is 0 Å². The number of pyridine rings is 1. The molecule has 0 saturated heterocycles. The molecule has 0 aliphatic carbocycles. The van der Waals surface area contributed by atoms with Gasteiger partial charge in [0, 0.05) is 17.5 Å². The van der Waals surface area contributed by atoms with E-state index in [4.69, 9.17) is 4.74 Å². The molecule has 5 rings (SSSR count). The predicted octanol–water partition coefficient (Wildman–Crippen LogP) is 6.47. The summed E-state index contributed by atoms with van der Waals surface area (Å²) >= 11 is 0. The number of hydrogen-bond acceptors (Lipinski definition) is 1. The molecule has 4 aromatic rings. The van der Waals surface area contributed by atoms with Crippen LogP contribution in [0, 0.1) is 19.7 Å². The summed E-state index contributed by atoms with van der Waals surface area (Å²) in [6.45, 7) is 8.73. The van der Waals surface area contributed by atoms with Crippen LogP contribution in [0.3, 0.4) is 0 Å². The van der Waals surface area contributed by atoms with Crippen LogP contribution in [0.5, 0.6) is 11.5 Å². The molecule has 1 aromatic heterocycles. The van der Waals surface area contributed by atoms with Gasteiger partial charge < -0.3 is 4.74 Å². The topological polar surface area (TPSA) is 13.1 Å². The number of hydrogen-bond donors (Lipinski definition) is 0. The second-order valence-corrected chi connectivity index (χ2v) is 8.19. The zero-order valence-electron chi connectivity index (χ0n) is 16.9. The Hall–Kier alpha value is -2.94. The Morgan fingerprint density at radius 2 is 1.71 bits per heavy atom. The highest BCUT2D eigenvalue weighted by molar-refractivity contribution is 6.05. The van der Waals surface area contributed by atoms with E-state index in [1.807, 2.05) is 19.2 Å². The SMILES string of the molecule is Cc1cc2cc(C(C)C)cc3c2c(c1C)-c1c(cc2cc(F)ccc2[n+]1C)O3. The van der Waals surface area contributed by atoms with Crippen molar-refractivity contribution in [3.63, 3.8) is 0 Å². The minimum atomic E-state index is -0.236. The van der Waals surface area contributed by atoms with E-state index < -0.39 is 0 Å². The van der Waals surface area contributed by atoms with Crippen molar-refractivity contribution in [2.75, 3.05) is 0 Å². The van der Waals surface area contributed by atoms with Crippen LogP contribution in [0.2, 0.25) is 0 Å². The van der Waals surface area contributed by atoms with Crippen molar-refractivity contribution in [2.24, 2.45) is 7.05 Å². The molecule has 0 N–H and O–H groups in total. The highest BCUT2D eigenvalue weighted by Crippen LogP contribution is 2.48. The molecule has 0 bridgehead atoms. The van der Waals surface area contributed by atoms with Gasteiger partial charge in [0.1, 0.15) is 18.6 Å². The van der Waals surface area contributed by atoms with E-state index in [0.717, 1.165) is 33.5 Å². The first-order valence-corrected chi connectivity index (χ1v) is 9.73. The third kappa shape index (κ3) is 2.29. The van der Waals surface area contributed by atoms with Gasteiger partial charge in [0.2, 0.25) is 5.52 Å². The highest BCUT2D eigenvalue weighted by Gasteiger charge is 2.31. The number of aryl methyl sites for hydroxylation is 2. The molecule has 140 valence electrons. The van der Waals surface area contributed by atoms with Crippen LogP contribution in [0.15, 0.2) is 42.5 Å². The molecule has 0 atom stereocenters. The Balaban J connectivity index is 1.96. The number of aromatic nitrogens is 1. The summed E-state index contributed by atoms with van der Waals surface area (Å²) < 4.78 is 22.4. The van der Waals surface area contributed by atoms with Crippen LogP contribution in [0.4, 0.5) is 4.39 Å². The molecule has 2 heterocycles. The summed E-state index contributed by atoms with van der Waals surface area (Å²) in [5.41, 5.74) is 7.04. The minimum Gasteiger partial charge on any atom is -0.450 e. The summed E-state index contributed by atoms with van der Waals surface area (Å²) in [5.74, 6) is 1.85. The van der Waals surface area contributed by atoms with E-state index in [0.29, 0.717) is 5.92 Å². The Labute approximate surface area is 164 Å². The minimum absolute atomic E-state index is 0.236. The first kappa shape index (κ1) is 17.2. The number of benzene rings is 3. The van der Waals surface area contributed by atoms with Crippen LogP contribution in [0.1, 0.15) is 36.5 Å². The lowest BCUT2D eigenvalue weighted by molar-refractivity contribution is -0.633. The maximum absolute atomic E-state index is 13.8. The first-order chi connectivity index (χ1) is 13.3. The van der Waals surface area contributed by atoms with Gasteiger partial charge in [0.15, 0.2) is 5.75 Å². The maximum atomic E-state index is 13.8. The van der Waals surface area contributed by atoms with Crippen LogP contribution in [-0.4, -0.2) is 0 Å². The fourth-order valence-corrected chi connectivity index (χ4v) is 4.41. The summed E-state index contributed by atoms with van der Waals surface area (Å²) in [4.78, 5) is 0. The van der Waals surface area contributed by atoms with Gasteiger partial charge in [-0.15, -0.1) is 0 Å². The lowest BCUT2D eigenvalue weighted by atomic mass is 9.88. The molecule has 3 heteroatoms. The zero-order valence-corrected chi connectivity index (χ0v) is 16.9. The van der Waals surface area contributed by atoms with Crippen molar-refractivity contribution in [2.45, 2.75) is 33.6 Å². The molecule has 1 aliphatic rings. The van der Waals surface area contributed by atoms with E-state index in [9.17, 15) is 4.39 Å². The van der Waals surface area contributed by atoms with Crippen LogP contribution in [-0.2, 0) is 7.05 Å². The van der Waals surface area contributed by atoms with E-state index in [1.165, 1.54) is 33.7 Å². The van der Waals surface area contributed by atoms with Crippen molar-refractivity contribution in [1.29, 1.82) is 0 Å². The molecule has 0 saturated carbocycles. The standard InChI is InChI=1S/C25H23FNO/c1-13(2)16-9-18-8-14(3)15(4)23-24(18)21(11-16)28-22-12-17-10-19(26)6-7-20(17)27(5)25(22)23/h6-13H,1-5H3/q+1. The van der Waals surface area contributed by atoms with Crippen molar-refractivity contribution in [3.8, 4) is 22.8 Å². The second kappa shape index (κ2) is 5.78. The number of halogens is 1. The summed E-state index contributed by atoms with van der Waals surface area (Å²) in [7, 11) is 2.03. The van der Waals surface area contributed by atoms with Gasteiger partial charge in [0.25, 0.3) is 5.69 Å². The van der Waals surface area contributed by atoms with Gasteiger partial charge in [0.05, 0.1) is 10.9 Å². The fourth-order valence-electron chi connectivity index (χ4n) is 4.41. The summed E-state index contributed by atoms with van der Waals surface area (Å²) in [6.07, 6.45) is 0. The van der Waals surface area contributed by atoms with E-state index >= 15 is 0 Å². The smallest absolute Gasteiger partial charge is 0.256 e. The predicted molar refractivity (Wildman–Crippen MR) is 112 cm³/mol. The molecule has 0 unspecified atom stereocenters. The summed E-state index contributed by atoms with van der Waals surface area (Å²) in [5, 5.41) is 3.22. The van der Waals surface area contributed by atoms with Gasteiger partial charge in [-0.1, -0.05) is 26.0 Å². The van der Waals surface area contributed by atoms with Crippen LogP contribution in [0.25, 0.3) is 32.9 Å². The van der Waals surface area contributed by atoms with Gasteiger partial charge in [-0.05, 0) is 60.0 Å². The molecule has 1 aliphatic heterocycles. The van der Waals surface area contributed by atoms with Crippen LogP contribution < -0.4 is 9.30 Å². The Bertz CT molecular complexity index is 1300. The fraction of sp³-hybridized carbons (Fsp3) is 0.240. The molecule has 2 nitrogen and oxygen atoms in total. The number of fused-ring (bicyclic) bond motifs is 3. The van der Waals surface area contributed by atoms with Crippen molar-refractivity contribution in [1.82, 2.24) is 0 Å². The largest absolute Gasteiger partial charge is 0.450 e. The second-order valence-electron chi connectivity index (χ2n) is 8.19. The lowest BCUT2D eigenvalue weighted by Gasteiger charge is -2.23. The molecular formula is C25H23FNO+. The lowest BCUT2D eigenvalue weighted by Crippen LogP contribution is -2.33. The Morgan fingerprint density at radius 3 is 2.46 bits per heavy atom. The maximum Gasteiger partial charge on any atom is 0.256 e. The normalized spacial score (nSPS) is 12.5. The molecule has 28 heavy (non-hydrogen) atoms. The molecule has 0 amide bonds. The molecule has 3 aromatic carbocycles. The zero-order chi connectivity index (χ0) is 19.7. The number of rotatable bonds is 1. The average Bonchev–Trinajstić information content (AvgIpc) is 2.64. The molecule has 0 radical (unpaired) electrons. The Kier molecular flexibility index (Phi) is 3.54. The Morgan fingerprint density at radius 1 is 0.929 bits per heavy atom. The van der Waals surface area contributed by atoms with Gasteiger partial charge in [-0.2, -0.15) is 4.57 Å². The van der Waals surface area contributed by atoms with Crippen molar-refractivity contribution < 1.29 is 13.7 Å². The van der Waals surface area contributed by atoms with Gasteiger partial charge in [-0.25, -0.2) is 4.39 Å². The monoisotopic (exact) mass is 372 g/mol. The van der Waals surface area contributed by atoms with Gasteiger partial charge >= 0.3 is 0 Å². The molecule has 0 fully saturated rings. The van der Waals surface area contributed by atoms with Crippen molar-refractivity contribution in [3.05, 3.63) is 65.0 Å². The molecular weight excluding hydrogens is 349 g/mol. The quantitative estimate of drug-likeness (QED) is 0.307. The van der Waals surface area contributed by atoms with Crippen LogP contribution >= 0.6 is 0 Å². The third-order valence-corrected chi connectivity index (χ3v) is 6.07. The first-order valence-electron chi connectivity index (χ1n) is 9.73.